The maximum atomic E-state index is 3.45. The number of nitrogens with zero attached hydrogens (tertiary/aromatic N) is 1. The first-order valence-corrected chi connectivity index (χ1v) is 7.15. The van der Waals surface area contributed by atoms with Crippen molar-refractivity contribution in [3.8, 4) is 0 Å². The molecule has 0 spiro atoms. The van der Waals surface area contributed by atoms with Crippen molar-refractivity contribution in [2.24, 2.45) is 5.92 Å². The Morgan fingerprint density at radius 2 is 2.11 bits per heavy atom. The molecular weight excluding hydrogens is 220 g/mol. The minimum atomic E-state index is 0.792. The summed E-state index contributed by atoms with van der Waals surface area (Å²) in [7, 11) is 2.22. The maximum Gasteiger partial charge on any atom is 0.0230 e. The fourth-order valence-corrected chi connectivity index (χ4v) is 2.50. The molecule has 2 rings (SSSR count). The van der Waals surface area contributed by atoms with E-state index in [0.29, 0.717) is 0 Å². The van der Waals surface area contributed by atoms with E-state index in [9.17, 15) is 0 Å². The summed E-state index contributed by atoms with van der Waals surface area (Å²) in [5.74, 6) is 0.792. The summed E-state index contributed by atoms with van der Waals surface area (Å²) in [4.78, 5) is 2.43. The van der Waals surface area contributed by atoms with Gasteiger partial charge in [0, 0.05) is 13.1 Å². The molecule has 1 N–H and O–H groups in total. The number of rotatable bonds is 5. The van der Waals surface area contributed by atoms with Gasteiger partial charge < -0.3 is 10.2 Å². The van der Waals surface area contributed by atoms with Crippen molar-refractivity contribution in [3.05, 3.63) is 34.9 Å². The van der Waals surface area contributed by atoms with Gasteiger partial charge in [-0.2, -0.15) is 0 Å². The van der Waals surface area contributed by atoms with Crippen LogP contribution in [-0.2, 0) is 19.5 Å². The van der Waals surface area contributed by atoms with Crippen LogP contribution in [0.5, 0.6) is 0 Å². The molecule has 1 aromatic carbocycles. The van der Waals surface area contributed by atoms with Crippen LogP contribution < -0.4 is 5.32 Å². The summed E-state index contributed by atoms with van der Waals surface area (Å²) in [5, 5.41) is 3.45. The molecule has 0 amide bonds. The van der Waals surface area contributed by atoms with Crippen LogP contribution in [0.25, 0.3) is 0 Å². The first-order chi connectivity index (χ1) is 8.65. The van der Waals surface area contributed by atoms with Gasteiger partial charge in [0.2, 0.25) is 0 Å². The first-order valence-electron chi connectivity index (χ1n) is 7.15. The highest BCUT2D eigenvalue weighted by atomic mass is 15.1. The number of hydrogen-bond donors (Lipinski definition) is 1. The molecule has 0 saturated heterocycles. The van der Waals surface area contributed by atoms with E-state index in [2.05, 4.69) is 49.3 Å². The molecule has 100 valence electrons. The predicted octanol–water partition coefficient (Wildman–Crippen LogP) is 2.81. The number of hydrogen-bond acceptors (Lipinski definition) is 2. The van der Waals surface area contributed by atoms with Gasteiger partial charge in [-0.3, -0.25) is 0 Å². The van der Waals surface area contributed by atoms with Crippen molar-refractivity contribution in [2.75, 3.05) is 20.1 Å². The van der Waals surface area contributed by atoms with E-state index in [1.807, 2.05) is 0 Å². The van der Waals surface area contributed by atoms with Crippen molar-refractivity contribution in [1.82, 2.24) is 10.2 Å². The lowest BCUT2D eigenvalue weighted by Crippen LogP contribution is -2.24. The van der Waals surface area contributed by atoms with Crippen LogP contribution in [0.3, 0.4) is 0 Å². The average molecular weight is 246 g/mol. The Morgan fingerprint density at radius 1 is 1.28 bits per heavy atom. The molecule has 18 heavy (non-hydrogen) atoms. The quantitative estimate of drug-likeness (QED) is 0.859. The zero-order valence-electron chi connectivity index (χ0n) is 12.0. The van der Waals surface area contributed by atoms with Crippen molar-refractivity contribution in [2.45, 2.75) is 39.8 Å². The SMILES string of the molecule is CC(C)CCN(C)Cc1ccc2c(c1)CNCC2. The van der Waals surface area contributed by atoms with E-state index < -0.39 is 0 Å². The largest absolute Gasteiger partial charge is 0.312 e. The van der Waals surface area contributed by atoms with Crippen LogP contribution in [0, 0.1) is 5.92 Å². The van der Waals surface area contributed by atoms with Crippen LogP contribution in [-0.4, -0.2) is 25.0 Å². The molecule has 0 radical (unpaired) electrons. The highest BCUT2D eigenvalue weighted by Crippen LogP contribution is 2.17. The second-order valence-corrected chi connectivity index (χ2v) is 5.95. The van der Waals surface area contributed by atoms with Gasteiger partial charge in [0.25, 0.3) is 0 Å². The van der Waals surface area contributed by atoms with E-state index in [1.165, 1.54) is 36.1 Å². The van der Waals surface area contributed by atoms with Gasteiger partial charge in [0.1, 0.15) is 0 Å². The summed E-state index contributed by atoms with van der Waals surface area (Å²) < 4.78 is 0. The topological polar surface area (TPSA) is 15.3 Å². The minimum Gasteiger partial charge on any atom is -0.312 e. The fourth-order valence-electron chi connectivity index (χ4n) is 2.50. The monoisotopic (exact) mass is 246 g/mol. The van der Waals surface area contributed by atoms with Gasteiger partial charge in [-0.15, -0.1) is 0 Å². The Kier molecular flexibility index (Phi) is 4.79. The van der Waals surface area contributed by atoms with Crippen molar-refractivity contribution in [3.63, 3.8) is 0 Å². The maximum absolute atomic E-state index is 3.45. The highest BCUT2D eigenvalue weighted by molar-refractivity contribution is 5.33. The van der Waals surface area contributed by atoms with E-state index in [1.54, 1.807) is 0 Å². The van der Waals surface area contributed by atoms with E-state index in [-0.39, 0.29) is 0 Å². The summed E-state index contributed by atoms with van der Waals surface area (Å²) in [6, 6.07) is 7.01. The molecule has 1 aliphatic rings. The second-order valence-electron chi connectivity index (χ2n) is 5.95. The molecule has 0 fully saturated rings. The van der Waals surface area contributed by atoms with Crippen LogP contribution in [0.2, 0.25) is 0 Å². The van der Waals surface area contributed by atoms with Crippen molar-refractivity contribution in [1.29, 1.82) is 0 Å². The van der Waals surface area contributed by atoms with Gasteiger partial charge in [-0.25, -0.2) is 0 Å². The van der Waals surface area contributed by atoms with Crippen LogP contribution >= 0.6 is 0 Å². The van der Waals surface area contributed by atoms with Crippen LogP contribution in [0.4, 0.5) is 0 Å². The molecule has 2 nitrogen and oxygen atoms in total. The zero-order chi connectivity index (χ0) is 13.0. The van der Waals surface area contributed by atoms with Crippen LogP contribution in [0.1, 0.15) is 37.0 Å². The molecule has 2 heteroatoms. The van der Waals surface area contributed by atoms with Gasteiger partial charge in [-0.05, 0) is 55.6 Å². The molecule has 0 atom stereocenters. The normalized spacial score (nSPS) is 15.2. The molecule has 1 aromatic rings. The molecule has 0 aromatic heterocycles. The molecule has 1 heterocycles. The molecule has 1 aliphatic heterocycles. The third kappa shape index (κ3) is 3.82. The molecule has 0 bridgehead atoms. The van der Waals surface area contributed by atoms with E-state index in [4.69, 9.17) is 0 Å². The Hall–Kier alpha value is -0.860. The smallest absolute Gasteiger partial charge is 0.0230 e. The predicted molar refractivity (Wildman–Crippen MR) is 77.6 cm³/mol. The standard InChI is InChI=1S/C16H26N2/c1-13(2)7-9-18(3)12-14-4-5-15-6-8-17-11-16(15)10-14/h4-5,10,13,17H,6-9,11-12H2,1-3H3. The summed E-state index contributed by atoms with van der Waals surface area (Å²) in [5.41, 5.74) is 4.47. The van der Waals surface area contributed by atoms with E-state index >= 15 is 0 Å². The van der Waals surface area contributed by atoms with E-state index in [0.717, 1.165) is 25.6 Å². The third-order valence-corrected chi connectivity index (χ3v) is 3.70. The van der Waals surface area contributed by atoms with Gasteiger partial charge in [0.05, 0.1) is 0 Å². The fraction of sp³-hybridized carbons (Fsp3) is 0.625. The van der Waals surface area contributed by atoms with Gasteiger partial charge >= 0.3 is 0 Å². The summed E-state index contributed by atoms with van der Waals surface area (Å²) >= 11 is 0. The lowest BCUT2D eigenvalue weighted by atomic mass is 9.98. The third-order valence-electron chi connectivity index (χ3n) is 3.70. The van der Waals surface area contributed by atoms with Crippen molar-refractivity contribution < 1.29 is 0 Å². The van der Waals surface area contributed by atoms with Gasteiger partial charge in [-0.1, -0.05) is 32.0 Å². The molecule has 0 unspecified atom stereocenters. The number of nitrogens with one attached hydrogen (secondary N) is 1. The lowest BCUT2D eigenvalue weighted by molar-refractivity contribution is 0.303. The summed E-state index contributed by atoms with van der Waals surface area (Å²) in [6.45, 7) is 9.00. The average Bonchev–Trinajstić information content (AvgIpc) is 2.36. The van der Waals surface area contributed by atoms with Crippen molar-refractivity contribution >= 4 is 0 Å². The van der Waals surface area contributed by atoms with Crippen LogP contribution in [0.15, 0.2) is 18.2 Å². The van der Waals surface area contributed by atoms with Gasteiger partial charge in [0.15, 0.2) is 0 Å². The Labute approximate surface area is 111 Å². The minimum absolute atomic E-state index is 0.792. The molecule has 0 aliphatic carbocycles. The molecular formula is C16H26N2. The lowest BCUT2D eigenvalue weighted by Gasteiger charge is -2.21. The number of benzene rings is 1. The first kappa shape index (κ1) is 13.6. The number of fused-ring (bicyclic) bond motifs is 1. The molecule has 0 saturated carbocycles. The summed E-state index contributed by atoms with van der Waals surface area (Å²) in [6.07, 6.45) is 2.46. The second kappa shape index (κ2) is 6.35. The Morgan fingerprint density at radius 3 is 2.89 bits per heavy atom. The zero-order valence-corrected chi connectivity index (χ0v) is 12.0. The highest BCUT2D eigenvalue weighted by Gasteiger charge is 2.09. The Bertz CT molecular complexity index is 385. The Balaban J connectivity index is 1.93.